The van der Waals surface area contributed by atoms with Crippen LogP contribution in [-0.2, 0) is 6.54 Å². The molecule has 5 heteroatoms. The highest BCUT2D eigenvalue weighted by Gasteiger charge is 2.20. The van der Waals surface area contributed by atoms with Gasteiger partial charge in [0.05, 0.1) is 11.6 Å². The van der Waals surface area contributed by atoms with Gasteiger partial charge in [0.2, 0.25) is 0 Å². The van der Waals surface area contributed by atoms with E-state index in [1.54, 1.807) is 6.07 Å². The first kappa shape index (κ1) is 13.6. The molecule has 1 atom stereocenters. The molecule has 0 amide bonds. The predicted molar refractivity (Wildman–Crippen MR) is 69.9 cm³/mol. The largest absolute Gasteiger partial charge is 0.489 e. The second kappa shape index (κ2) is 6.38. The van der Waals surface area contributed by atoms with Crippen LogP contribution >= 0.6 is 11.6 Å². The first-order valence-corrected chi connectivity index (χ1v) is 6.50. The Morgan fingerprint density at radius 2 is 2.22 bits per heavy atom. The van der Waals surface area contributed by atoms with E-state index < -0.39 is 6.10 Å². The van der Waals surface area contributed by atoms with E-state index in [0.717, 1.165) is 12.1 Å². The molecule has 18 heavy (non-hydrogen) atoms. The molecule has 0 spiro atoms. The first-order valence-electron chi connectivity index (χ1n) is 6.12. The molecule has 0 radical (unpaired) electrons. The van der Waals surface area contributed by atoms with Gasteiger partial charge in [-0.3, -0.25) is 0 Å². The summed E-state index contributed by atoms with van der Waals surface area (Å²) in [6.45, 7) is 0.529. The number of halogens is 1. The fourth-order valence-electron chi connectivity index (χ4n) is 1.56. The topological polar surface area (TPSA) is 61.7 Å². The Kier molecular flexibility index (Phi) is 4.83. The monoisotopic (exact) mass is 271 g/mol. The minimum absolute atomic E-state index is 0.0376. The highest BCUT2D eigenvalue weighted by molar-refractivity contribution is 6.32. The standard InChI is InChI=1S/C13H18ClNO3/c14-12-5-9(6-15-10-2-3-10)1-4-13(12)18-8-11(17)7-16/h1,4-5,10-11,15-17H,2-3,6-8H2. The molecule has 1 aromatic rings. The summed E-state index contributed by atoms with van der Waals surface area (Å²) in [4.78, 5) is 0. The lowest BCUT2D eigenvalue weighted by Gasteiger charge is -2.12. The van der Waals surface area contributed by atoms with Gasteiger partial charge >= 0.3 is 0 Å². The molecule has 100 valence electrons. The minimum Gasteiger partial charge on any atom is -0.489 e. The summed E-state index contributed by atoms with van der Waals surface area (Å²) in [5, 5.41) is 21.8. The van der Waals surface area contributed by atoms with Gasteiger partial charge in [-0.25, -0.2) is 0 Å². The molecule has 1 fully saturated rings. The Bertz CT molecular complexity index is 396. The lowest BCUT2D eigenvalue weighted by atomic mass is 10.2. The molecule has 1 saturated carbocycles. The summed E-state index contributed by atoms with van der Waals surface area (Å²) in [5.74, 6) is 0.527. The molecule has 0 bridgehead atoms. The Labute approximate surface area is 112 Å². The van der Waals surface area contributed by atoms with Crippen LogP contribution in [0, 0.1) is 0 Å². The van der Waals surface area contributed by atoms with Gasteiger partial charge in [-0.05, 0) is 30.5 Å². The highest BCUT2D eigenvalue weighted by atomic mass is 35.5. The lowest BCUT2D eigenvalue weighted by Crippen LogP contribution is -2.21. The Hall–Kier alpha value is -0.810. The van der Waals surface area contributed by atoms with Crippen LogP contribution in [0.2, 0.25) is 5.02 Å². The summed E-state index contributed by atoms with van der Waals surface area (Å²) < 4.78 is 5.32. The van der Waals surface area contributed by atoms with E-state index >= 15 is 0 Å². The van der Waals surface area contributed by atoms with Gasteiger partial charge in [0.25, 0.3) is 0 Å². The van der Waals surface area contributed by atoms with E-state index in [4.69, 9.17) is 21.4 Å². The van der Waals surface area contributed by atoms with Gasteiger partial charge in [-0.2, -0.15) is 0 Å². The van der Waals surface area contributed by atoms with Gasteiger partial charge < -0.3 is 20.3 Å². The predicted octanol–water partition coefficient (Wildman–Crippen LogP) is 1.32. The number of aliphatic hydroxyl groups is 2. The van der Waals surface area contributed by atoms with Crippen LogP contribution in [0.4, 0.5) is 0 Å². The van der Waals surface area contributed by atoms with E-state index in [9.17, 15) is 5.11 Å². The van der Waals surface area contributed by atoms with Crippen LogP contribution in [0.3, 0.4) is 0 Å². The average molecular weight is 272 g/mol. The van der Waals surface area contributed by atoms with Crippen molar-refractivity contribution in [3.8, 4) is 5.75 Å². The number of aliphatic hydroxyl groups excluding tert-OH is 2. The van der Waals surface area contributed by atoms with Crippen LogP contribution in [0.15, 0.2) is 18.2 Å². The molecule has 0 heterocycles. The van der Waals surface area contributed by atoms with Crippen molar-refractivity contribution in [3.63, 3.8) is 0 Å². The molecular formula is C13H18ClNO3. The third-order valence-corrected chi connectivity index (χ3v) is 3.11. The summed E-state index contributed by atoms with van der Waals surface area (Å²) in [6.07, 6.45) is 1.64. The number of ether oxygens (including phenoxy) is 1. The third kappa shape index (κ3) is 4.14. The number of hydrogen-bond donors (Lipinski definition) is 3. The van der Waals surface area contributed by atoms with Crippen LogP contribution in [0.1, 0.15) is 18.4 Å². The van der Waals surface area contributed by atoms with Crippen molar-refractivity contribution in [2.24, 2.45) is 0 Å². The molecule has 0 aliphatic heterocycles. The van der Waals surface area contributed by atoms with Crippen molar-refractivity contribution in [2.75, 3.05) is 13.2 Å². The molecule has 2 rings (SSSR count). The molecule has 1 aliphatic rings. The summed E-state index contributed by atoms with van der Waals surface area (Å²) in [6, 6.07) is 6.26. The molecule has 1 unspecified atom stereocenters. The fraction of sp³-hybridized carbons (Fsp3) is 0.538. The Morgan fingerprint density at radius 1 is 1.44 bits per heavy atom. The SMILES string of the molecule is OCC(O)COc1ccc(CNC2CC2)cc1Cl. The van der Waals surface area contributed by atoms with Crippen molar-refractivity contribution in [3.05, 3.63) is 28.8 Å². The van der Waals surface area contributed by atoms with Crippen molar-refractivity contribution >= 4 is 11.6 Å². The van der Waals surface area contributed by atoms with Gasteiger partial charge in [0, 0.05) is 12.6 Å². The van der Waals surface area contributed by atoms with Crippen LogP contribution in [-0.4, -0.2) is 35.6 Å². The molecule has 1 aliphatic carbocycles. The van der Waals surface area contributed by atoms with Crippen molar-refractivity contribution < 1.29 is 14.9 Å². The van der Waals surface area contributed by atoms with E-state index in [1.807, 2.05) is 12.1 Å². The highest BCUT2D eigenvalue weighted by Crippen LogP contribution is 2.26. The van der Waals surface area contributed by atoms with Crippen molar-refractivity contribution in [1.29, 1.82) is 0 Å². The van der Waals surface area contributed by atoms with E-state index in [2.05, 4.69) is 5.32 Å². The maximum Gasteiger partial charge on any atom is 0.138 e. The number of rotatable bonds is 7. The lowest BCUT2D eigenvalue weighted by molar-refractivity contribution is 0.0536. The third-order valence-electron chi connectivity index (χ3n) is 2.81. The van der Waals surface area contributed by atoms with Crippen molar-refractivity contribution in [1.82, 2.24) is 5.32 Å². The first-order chi connectivity index (χ1) is 8.69. The molecular weight excluding hydrogens is 254 g/mol. The maximum absolute atomic E-state index is 9.19. The zero-order valence-electron chi connectivity index (χ0n) is 10.1. The number of nitrogens with one attached hydrogen (secondary N) is 1. The maximum atomic E-state index is 9.19. The number of hydrogen-bond acceptors (Lipinski definition) is 4. The zero-order chi connectivity index (χ0) is 13.0. The number of benzene rings is 1. The summed E-state index contributed by atoms with van der Waals surface area (Å²) in [5.41, 5.74) is 1.11. The van der Waals surface area contributed by atoms with Gasteiger partial charge in [-0.15, -0.1) is 0 Å². The van der Waals surface area contributed by atoms with E-state index in [1.165, 1.54) is 12.8 Å². The second-order valence-corrected chi connectivity index (χ2v) is 4.97. The zero-order valence-corrected chi connectivity index (χ0v) is 10.9. The molecule has 1 aromatic carbocycles. The molecule has 0 saturated heterocycles. The van der Waals surface area contributed by atoms with Crippen molar-refractivity contribution in [2.45, 2.75) is 31.5 Å². The smallest absolute Gasteiger partial charge is 0.138 e. The van der Waals surface area contributed by atoms with Crippen LogP contribution in [0.5, 0.6) is 5.75 Å². The quantitative estimate of drug-likeness (QED) is 0.700. The summed E-state index contributed by atoms with van der Waals surface area (Å²) in [7, 11) is 0. The molecule has 0 aromatic heterocycles. The Morgan fingerprint density at radius 3 is 2.83 bits per heavy atom. The average Bonchev–Trinajstić information content (AvgIpc) is 3.18. The van der Waals surface area contributed by atoms with E-state index in [-0.39, 0.29) is 13.2 Å². The minimum atomic E-state index is -0.878. The molecule has 4 nitrogen and oxygen atoms in total. The summed E-state index contributed by atoms with van der Waals surface area (Å²) >= 11 is 6.09. The Balaban J connectivity index is 1.87. The normalized spacial score (nSPS) is 16.6. The van der Waals surface area contributed by atoms with Gasteiger partial charge in [0.15, 0.2) is 0 Å². The fourth-order valence-corrected chi connectivity index (χ4v) is 1.82. The second-order valence-electron chi connectivity index (χ2n) is 4.57. The molecule has 3 N–H and O–H groups in total. The van der Waals surface area contributed by atoms with Gasteiger partial charge in [0.1, 0.15) is 18.5 Å². The van der Waals surface area contributed by atoms with Crippen LogP contribution in [0.25, 0.3) is 0 Å². The van der Waals surface area contributed by atoms with Crippen LogP contribution < -0.4 is 10.1 Å². The van der Waals surface area contributed by atoms with Gasteiger partial charge in [-0.1, -0.05) is 17.7 Å². The van der Waals surface area contributed by atoms with E-state index in [0.29, 0.717) is 16.8 Å².